The molecule has 0 aliphatic carbocycles. The van der Waals surface area contributed by atoms with Gasteiger partial charge >= 0.3 is 6.03 Å². The van der Waals surface area contributed by atoms with E-state index in [-0.39, 0.29) is 18.6 Å². The van der Waals surface area contributed by atoms with E-state index in [1.807, 2.05) is 20.8 Å². The highest BCUT2D eigenvalue weighted by atomic mass is 32.1. The van der Waals surface area contributed by atoms with Gasteiger partial charge < -0.3 is 19.2 Å². The van der Waals surface area contributed by atoms with Gasteiger partial charge in [0.15, 0.2) is 5.76 Å². The zero-order chi connectivity index (χ0) is 18.0. The number of aryl methyl sites for hydroxylation is 2. The van der Waals surface area contributed by atoms with E-state index in [1.165, 1.54) is 0 Å². The number of furan rings is 1. The van der Waals surface area contributed by atoms with Crippen LogP contribution in [-0.4, -0.2) is 28.1 Å². The molecule has 0 bridgehead atoms. The van der Waals surface area contributed by atoms with Crippen molar-refractivity contribution in [3.63, 3.8) is 0 Å². The van der Waals surface area contributed by atoms with E-state index in [0.717, 1.165) is 15.6 Å². The van der Waals surface area contributed by atoms with Crippen LogP contribution in [0.1, 0.15) is 34.2 Å². The Bertz CT molecular complexity index is 853. The number of amides is 2. The van der Waals surface area contributed by atoms with E-state index in [4.69, 9.17) is 8.94 Å². The molecule has 7 nitrogen and oxygen atoms in total. The summed E-state index contributed by atoms with van der Waals surface area (Å²) in [6.07, 6.45) is 1.57. The Morgan fingerprint density at radius 3 is 2.84 bits per heavy atom. The van der Waals surface area contributed by atoms with Crippen molar-refractivity contribution in [2.24, 2.45) is 0 Å². The van der Waals surface area contributed by atoms with E-state index in [1.54, 1.807) is 47.7 Å². The number of hydrogen-bond donors (Lipinski definition) is 1. The minimum Gasteiger partial charge on any atom is -0.461 e. The minimum absolute atomic E-state index is 0.110. The number of carbonyl (C=O) groups excluding carboxylic acids is 1. The molecule has 0 radical (unpaired) electrons. The highest BCUT2D eigenvalue weighted by molar-refractivity contribution is 7.11. The van der Waals surface area contributed by atoms with Gasteiger partial charge in [0.2, 0.25) is 5.76 Å². The molecule has 1 N–H and O–H groups in total. The molecule has 8 heteroatoms. The topological polar surface area (TPSA) is 84.4 Å². The van der Waals surface area contributed by atoms with Gasteiger partial charge in [-0.15, -0.1) is 11.3 Å². The third-order valence-electron chi connectivity index (χ3n) is 3.98. The van der Waals surface area contributed by atoms with Crippen molar-refractivity contribution >= 4 is 17.4 Å². The van der Waals surface area contributed by atoms with Crippen LogP contribution in [0.3, 0.4) is 0 Å². The van der Waals surface area contributed by atoms with Gasteiger partial charge in [-0.1, -0.05) is 5.16 Å². The highest BCUT2D eigenvalue weighted by Crippen LogP contribution is 2.26. The molecule has 0 unspecified atom stereocenters. The molecule has 3 rings (SSSR count). The molecule has 132 valence electrons. The molecular weight excluding hydrogens is 340 g/mol. The highest BCUT2D eigenvalue weighted by Gasteiger charge is 2.21. The standard InChI is InChI=1S/C17H20N4O3S/c1-10(16-11(2)25-12(3)19-16)21(4)17(22)18-9-13-8-15(24-20-13)14-6-5-7-23-14/h5-8,10H,9H2,1-4H3,(H,18,22)/t10-/m0/s1. The molecule has 3 aromatic heterocycles. The van der Waals surface area contributed by atoms with Gasteiger partial charge in [-0.05, 0) is 32.9 Å². The summed E-state index contributed by atoms with van der Waals surface area (Å²) in [6.45, 7) is 6.23. The average Bonchev–Trinajstić information content (AvgIpc) is 3.31. The largest absolute Gasteiger partial charge is 0.461 e. The first-order valence-corrected chi connectivity index (χ1v) is 8.71. The Morgan fingerprint density at radius 2 is 2.20 bits per heavy atom. The van der Waals surface area contributed by atoms with E-state index in [0.29, 0.717) is 17.2 Å². The fourth-order valence-corrected chi connectivity index (χ4v) is 3.42. The number of hydrogen-bond acceptors (Lipinski definition) is 6. The molecule has 0 aliphatic rings. The Labute approximate surface area is 149 Å². The summed E-state index contributed by atoms with van der Waals surface area (Å²) in [6, 6.07) is 5.01. The van der Waals surface area contributed by atoms with Crippen molar-refractivity contribution in [1.29, 1.82) is 0 Å². The van der Waals surface area contributed by atoms with Crippen LogP contribution >= 0.6 is 11.3 Å². The lowest BCUT2D eigenvalue weighted by atomic mass is 10.2. The van der Waals surface area contributed by atoms with Crippen molar-refractivity contribution < 1.29 is 13.7 Å². The third-order valence-corrected chi connectivity index (χ3v) is 4.88. The lowest BCUT2D eigenvalue weighted by Crippen LogP contribution is -2.38. The normalized spacial score (nSPS) is 12.2. The fraction of sp³-hybridized carbons (Fsp3) is 0.353. The van der Waals surface area contributed by atoms with Gasteiger partial charge in [0.1, 0.15) is 5.69 Å². The first-order valence-electron chi connectivity index (χ1n) is 7.89. The smallest absolute Gasteiger partial charge is 0.318 e. The second kappa shape index (κ2) is 7.10. The van der Waals surface area contributed by atoms with Crippen LogP contribution in [0.25, 0.3) is 11.5 Å². The zero-order valence-electron chi connectivity index (χ0n) is 14.6. The summed E-state index contributed by atoms with van der Waals surface area (Å²) in [5.74, 6) is 1.13. The number of thiazole rings is 1. The Balaban J connectivity index is 1.59. The predicted molar refractivity (Wildman–Crippen MR) is 94.2 cm³/mol. The van der Waals surface area contributed by atoms with Gasteiger partial charge in [0.05, 0.1) is 29.6 Å². The van der Waals surface area contributed by atoms with Gasteiger partial charge in [0.25, 0.3) is 0 Å². The lowest BCUT2D eigenvalue weighted by molar-refractivity contribution is 0.192. The predicted octanol–water partition coefficient (Wildman–Crippen LogP) is 3.91. The summed E-state index contributed by atoms with van der Waals surface area (Å²) in [5.41, 5.74) is 1.56. The number of nitrogens with zero attached hydrogens (tertiary/aromatic N) is 3. The SMILES string of the molecule is Cc1nc([C@H](C)N(C)C(=O)NCc2cc(-c3ccco3)on2)c(C)s1. The molecule has 3 heterocycles. The molecular formula is C17H20N4O3S. The number of nitrogens with one attached hydrogen (secondary N) is 1. The summed E-state index contributed by atoms with van der Waals surface area (Å²) in [4.78, 5) is 19.7. The Hall–Kier alpha value is -2.61. The molecule has 25 heavy (non-hydrogen) atoms. The molecule has 0 saturated carbocycles. The fourth-order valence-electron chi connectivity index (χ4n) is 2.51. The van der Waals surface area contributed by atoms with Crippen molar-refractivity contribution in [2.45, 2.75) is 33.4 Å². The maximum Gasteiger partial charge on any atom is 0.318 e. The molecule has 0 saturated heterocycles. The lowest BCUT2D eigenvalue weighted by Gasteiger charge is -2.24. The Morgan fingerprint density at radius 1 is 1.40 bits per heavy atom. The van der Waals surface area contributed by atoms with Gasteiger partial charge in [-0.2, -0.15) is 0 Å². The monoisotopic (exact) mass is 360 g/mol. The van der Waals surface area contributed by atoms with Gasteiger partial charge in [-0.25, -0.2) is 9.78 Å². The zero-order valence-corrected chi connectivity index (χ0v) is 15.4. The second-order valence-corrected chi connectivity index (χ2v) is 7.19. The number of aromatic nitrogens is 2. The summed E-state index contributed by atoms with van der Waals surface area (Å²) >= 11 is 1.64. The second-order valence-electron chi connectivity index (χ2n) is 5.78. The average molecular weight is 360 g/mol. The van der Waals surface area contributed by atoms with Crippen molar-refractivity contribution in [3.8, 4) is 11.5 Å². The van der Waals surface area contributed by atoms with Crippen LogP contribution in [-0.2, 0) is 6.54 Å². The first kappa shape index (κ1) is 17.2. The van der Waals surface area contributed by atoms with Crippen molar-refractivity contribution in [1.82, 2.24) is 20.4 Å². The minimum atomic E-state index is -0.194. The van der Waals surface area contributed by atoms with E-state index in [9.17, 15) is 4.79 Å². The van der Waals surface area contributed by atoms with Crippen LogP contribution in [0.15, 0.2) is 33.4 Å². The van der Waals surface area contributed by atoms with Gasteiger partial charge in [-0.3, -0.25) is 0 Å². The summed E-state index contributed by atoms with van der Waals surface area (Å²) in [7, 11) is 1.76. The van der Waals surface area contributed by atoms with Crippen LogP contribution in [0, 0.1) is 13.8 Å². The molecule has 0 aromatic carbocycles. The first-order chi connectivity index (χ1) is 12.0. The van der Waals surface area contributed by atoms with E-state index < -0.39 is 0 Å². The molecule has 1 atom stereocenters. The van der Waals surface area contributed by atoms with Crippen molar-refractivity contribution in [2.75, 3.05) is 7.05 Å². The van der Waals surface area contributed by atoms with E-state index in [2.05, 4.69) is 15.5 Å². The molecule has 0 spiro atoms. The molecule has 0 aliphatic heterocycles. The quantitative estimate of drug-likeness (QED) is 0.746. The van der Waals surface area contributed by atoms with Crippen LogP contribution in [0.4, 0.5) is 4.79 Å². The van der Waals surface area contributed by atoms with Crippen LogP contribution in [0.2, 0.25) is 0 Å². The summed E-state index contributed by atoms with van der Waals surface area (Å²) in [5, 5.41) is 7.79. The van der Waals surface area contributed by atoms with Crippen LogP contribution < -0.4 is 5.32 Å². The third kappa shape index (κ3) is 3.74. The Kier molecular flexibility index (Phi) is 4.89. The van der Waals surface area contributed by atoms with Crippen molar-refractivity contribution in [3.05, 3.63) is 45.7 Å². The van der Waals surface area contributed by atoms with Crippen LogP contribution in [0.5, 0.6) is 0 Å². The number of rotatable bonds is 5. The number of carbonyl (C=O) groups is 1. The van der Waals surface area contributed by atoms with Gasteiger partial charge in [0, 0.05) is 18.0 Å². The maximum absolute atomic E-state index is 12.4. The molecule has 2 amide bonds. The summed E-state index contributed by atoms with van der Waals surface area (Å²) < 4.78 is 10.5. The number of urea groups is 1. The maximum atomic E-state index is 12.4. The van der Waals surface area contributed by atoms with E-state index >= 15 is 0 Å². The molecule has 3 aromatic rings. The molecule has 0 fully saturated rings.